The van der Waals surface area contributed by atoms with E-state index in [4.69, 9.17) is 0 Å². The number of rotatable bonds is 3. The zero-order valence-corrected chi connectivity index (χ0v) is 11.2. The third kappa shape index (κ3) is 2.93. The van der Waals surface area contributed by atoms with Crippen LogP contribution >= 0.6 is 0 Å². The molecule has 0 saturated heterocycles. The minimum absolute atomic E-state index is 0.0321. The van der Waals surface area contributed by atoms with Crippen LogP contribution in [0.2, 0.25) is 0 Å². The number of fused-ring (bicyclic) bond motifs is 1. The lowest BCUT2D eigenvalue weighted by Crippen LogP contribution is -2.44. The third-order valence-corrected chi connectivity index (χ3v) is 3.33. The highest BCUT2D eigenvalue weighted by Crippen LogP contribution is 2.23. The molecule has 2 rings (SSSR count). The van der Waals surface area contributed by atoms with Crippen LogP contribution in [-0.2, 0) is 20.7 Å². The van der Waals surface area contributed by atoms with E-state index in [2.05, 4.69) is 10.1 Å². The van der Waals surface area contributed by atoms with Gasteiger partial charge in [-0.05, 0) is 17.5 Å². The van der Waals surface area contributed by atoms with E-state index in [0.717, 1.165) is 18.5 Å². The fourth-order valence-corrected chi connectivity index (χ4v) is 2.28. The molecule has 0 radical (unpaired) electrons. The van der Waals surface area contributed by atoms with Gasteiger partial charge in [-0.2, -0.15) is 0 Å². The molecule has 5 nitrogen and oxygen atoms in total. The Kier molecular flexibility index (Phi) is 4.16. The van der Waals surface area contributed by atoms with Crippen LogP contribution in [0.1, 0.15) is 17.2 Å². The van der Waals surface area contributed by atoms with Crippen LogP contribution in [0.5, 0.6) is 0 Å². The molecule has 5 heteroatoms. The maximum Gasteiger partial charge on any atom is 0.325 e. The Morgan fingerprint density at radius 2 is 2.16 bits per heavy atom. The van der Waals surface area contributed by atoms with E-state index in [0.29, 0.717) is 0 Å². The van der Waals surface area contributed by atoms with E-state index in [1.54, 1.807) is 7.05 Å². The number of methoxy groups -OCH3 is 1. The molecule has 0 aliphatic carbocycles. The van der Waals surface area contributed by atoms with Crippen molar-refractivity contribution in [1.82, 2.24) is 10.2 Å². The molecule has 19 heavy (non-hydrogen) atoms. The summed E-state index contributed by atoms with van der Waals surface area (Å²) in [6.07, 6.45) is 0.917. The average molecular weight is 262 g/mol. The van der Waals surface area contributed by atoms with Gasteiger partial charge < -0.3 is 15.0 Å². The molecule has 1 N–H and O–H groups in total. The molecular formula is C14H18N2O3. The molecule has 1 aliphatic heterocycles. The maximum atomic E-state index is 12.4. The second-order valence-corrected chi connectivity index (χ2v) is 4.61. The Balaban J connectivity index is 2.14. The summed E-state index contributed by atoms with van der Waals surface area (Å²) in [4.78, 5) is 25.0. The summed E-state index contributed by atoms with van der Waals surface area (Å²) in [7, 11) is 2.92. The van der Waals surface area contributed by atoms with Gasteiger partial charge in [0.1, 0.15) is 12.6 Å². The SMILES string of the molecule is COC(=O)CN(C)C(=O)C1NCCc2ccccc21. The third-order valence-electron chi connectivity index (χ3n) is 3.33. The van der Waals surface area contributed by atoms with Gasteiger partial charge in [0.2, 0.25) is 5.91 Å². The van der Waals surface area contributed by atoms with Gasteiger partial charge in [0, 0.05) is 13.6 Å². The minimum atomic E-state index is -0.417. The summed E-state index contributed by atoms with van der Waals surface area (Å²) < 4.78 is 4.57. The number of benzene rings is 1. The zero-order valence-electron chi connectivity index (χ0n) is 11.2. The van der Waals surface area contributed by atoms with Crippen LogP contribution < -0.4 is 5.32 Å². The molecule has 1 heterocycles. The Morgan fingerprint density at radius 1 is 1.42 bits per heavy atom. The van der Waals surface area contributed by atoms with Crippen LogP contribution in [0, 0.1) is 0 Å². The first-order valence-corrected chi connectivity index (χ1v) is 6.26. The Labute approximate surface area is 112 Å². The Hall–Kier alpha value is -1.88. The molecule has 1 atom stereocenters. The topological polar surface area (TPSA) is 58.6 Å². The summed E-state index contributed by atoms with van der Waals surface area (Å²) in [6, 6.07) is 7.52. The predicted octanol–water partition coefficient (Wildman–Crippen LogP) is 0.505. The van der Waals surface area contributed by atoms with Gasteiger partial charge in [-0.25, -0.2) is 0 Å². The van der Waals surface area contributed by atoms with E-state index >= 15 is 0 Å². The minimum Gasteiger partial charge on any atom is -0.468 e. The monoisotopic (exact) mass is 262 g/mol. The van der Waals surface area contributed by atoms with Gasteiger partial charge in [0.15, 0.2) is 0 Å². The predicted molar refractivity (Wildman–Crippen MR) is 70.5 cm³/mol. The lowest BCUT2D eigenvalue weighted by molar-refractivity contribution is -0.146. The fourth-order valence-electron chi connectivity index (χ4n) is 2.28. The first kappa shape index (κ1) is 13.5. The summed E-state index contributed by atoms with van der Waals surface area (Å²) in [5.74, 6) is -0.530. The van der Waals surface area contributed by atoms with Crippen molar-refractivity contribution < 1.29 is 14.3 Å². The van der Waals surface area contributed by atoms with Crippen molar-refractivity contribution in [3.05, 3.63) is 35.4 Å². The quantitative estimate of drug-likeness (QED) is 0.806. The van der Waals surface area contributed by atoms with Crippen LogP contribution in [0.15, 0.2) is 24.3 Å². The van der Waals surface area contributed by atoms with Gasteiger partial charge in [0.25, 0.3) is 0 Å². The van der Waals surface area contributed by atoms with Gasteiger partial charge in [-0.3, -0.25) is 9.59 Å². The molecule has 0 saturated carbocycles. The van der Waals surface area contributed by atoms with E-state index in [9.17, 15) is 9.59 Å². The largest absolute Gasteiger partial charge is 0.468 e. The van der Waals surface area contributed by atoms with Crippen molar-refractivity contribution in [3.8, 4) is 0 Å². The number of hydrogen-bond acceptors (Lipinski definition) is 4. The van der Waals surface area contributed by atoms with Gasteiger partial charge in [-0.1, -0.05) is 24.3 Å². The standard InChI is InChI=1S/C14H18N2O3/c1-16(9-12(17)19-2)14(18)13-11-6-4-3-5-10(11)7-8-15-13/h3-6,13,15H,7-9H2,1-2H3. The van der Waals surface area contributed by atoms with Crippen molar-refractivity contribution in [1.29, 1.82) is 0 Å². The molecule has 1 aromatic carbocycles. The number of carbonyl (C=O) groups is 2. The van der Waals surface area contributed by atoms with Gasteiger partial charge in [0.05, 0.1) is 7.11 Å². The van der Waals surface area contributed by atoms with Gasteiger partial charge >= 0.3 is 5.97 Å². The van der Waals surface area contributed by atoms with Crippen molar-refractivity contribution >= 4 is 11.9 Å². The number of likely N-dealkylation sites (N-methyl/N-ethyl adjacent to an activating group) is 1. The van der Waals surface area contributed by atoms with Crippen molar-refractivity contribution in [2.24, 2.45) is 0 Å². The number of nitrogens with zero attached hydrogens (tertiary/aromatic N) is 1. The van der Waals surface area contributed by atoms with Gasteiger partial charge in [-0.15, -0.1) is 0 Å². The number of carbonyl (C=O) groups excluding carboxylic acids is 2. The van der Waals surface area contributed by atoms with Crippen LogP contribution in [0.25, 0.3) is 0 Å². The lowest BCUT2D eigenvalue weighted by atomic mass is 9.93. The summed E-state index contributed by atoms with van der Waals surface area (Å²) in [5.41, 5.74) is 2.18. The highest BCUT2D eigenvalue weighted by atomic mass is 16.5. The highest BCUT2D eigenvalue weighted by Gasteiger charge is 2.28. The van der Waals surface area contributed by atoms with E-state index in [1.807, 2.05) is 24.3 Å². The normalized spacial score (nSPS) is 17.5. The van der Waals surface area contributed by atoms with Crippen LogP contribution in [0.4, 0.5) is 0 Å². The van der Waals surface area contributed by atoms with E-state index in [1.165, 1.54) is 17.6 Å². The molecule has 1 amide bonds. The summed E-state index contributed by atoms with van der Waals surface area (Å²) in [6.45, 7) is 0.731. The molecule has 1 unspecified atom stereocenters. The smallest absolute Gasteiger partial charge is 0.325 e. The first-order valence-electron chi connectivity index (χ1n) is 6.26. The second kappa shape index (κ2) is 5.84. The van der Waals surface area contributed by atoms with Crippen molar-refractivity contribution in [2.75, 3.05) is 27.2 Å². The van der Waals surface area contributed by atoms with E-state index < -0.39 is 5.97 Å². The van der Waals surface area contributed by atoms with Crippen LogP contribution in [-0.4, -0.2) is 44.0 Å². The maximum absolute atomic E-state index is 12.4. The molecule has 0 bridgehead atoms. The van der Waals surface area contributed by atoms with Crippen molar-refractivity contribution in [3.63, 3.8) is 0 Å². The molecule has 1 aromatic rings. The number of esters is 1. The zero-order chi connectivity index (χ0) is 13.8. The second-order valence-electron chi connectivity index (χ2n) is 4.61. The lowest BCUT2D eigenvalue weighted by Gasteiger charge is -2.29. The van der Waals surface area contributed by atoms with E-state index in [-0.39, 0.29) is 18.5 Å². The number of nitrogens with one attached hydrogen (secondary N) is 1. The molecule has 0 aromatic heterocycles. The average Bonchev–Trinajstić information content (AvgIpc) is 2.45. The molecule has 0 fully saturated rings. The number of ether oxygens (including phenoxy) is 1. The summed E-state index contributed by atoms with van der Waals surface area (Å²) >= 11 is 0. The van der Waals surface area contributed by atoms with Crippen molar-refractivity contribution in [2.45, 2.75) is 12.5 Å². The number of amides is 1. The Morgan fingerprint density at radius 3 is 2.89 bits per heavy atom. The summed E-state index contributed by atoms with van der Waals surface area (Å²) in [5, 5.41) is 3.20. The molecular weight excluding hydrogens is 244 g/mol. The fraction of sp³-hybridized carbons (Fsp3) is 0.429. The van der Waals surface area contributed by atoms with Crippen LogP contribution in [0.3, 0.4) is 0 Å². The molecule has 102 valence electrons. The molecule has 0 spiro atoms. The first-order chi connectivity index (χ1) is 9.13. The number of hydrogen-bond donors (Lipinski definition) is 1. The Bertz CT molecular complexity index is 487. The molecule has 1 aliphatic rings. The highest BCUT2D eigenvalue weighted by molar-refractivity contribution is 5.87.